The molecule has 0 aliphatic heterocycles. The Kier molecular flexibility index (Phi) is 5.97. The van der Waals surface area contributed by atoms with Gasteiger partial charge in [-0.3, -0.25) is 4.79 Å². The Labute approximate surface area is 149 Å². The number of amides is 1. The van der Waals surface area contributed by atoms with Crippen LogP contribution in [0.3, 0.4) is 0 Å². The van der Waals surface area contributed by atoms with Crippen LogP contribution in [-0.2, 0) is 0 Å². The first-order chi connectivity index (χ1) is 10.0. The fourth-order valence-electron chi connectivity index (χ4n) is 2.70. The van der Waals surface area contributed by atoms with Crippen molar-refractivity contribution in [3.05, 3.63) is 33.1 Å². The molecule has 0 atom stereocenters. The van der Waals surface area contributed by atoms with Crippen molar-refractivity contribution in [2.24, 2.45) is 5.73 Å². The van der Waals surface area contributed by atoms with Crippen molar-refractivity contribution in [3.63, 3.8) is 0 Å². The maximum absolute atomic E-state index is 12.4. The summed E-state index contributed by atoms with van der Waals surface area (Å²) in [6.45, 7) is 0. The van der Waals surface area contributed by atoms with Crippen molar-refractivity contribution >= 4 is 62.9 Å². The summed E-state index contributed by atoms with van der Waals surface area (Å²) in [5.41, 5.74) is 5.88. The second-order valence-corrected chi connectivity index (χ2v) is 7.34. The van der Waals surface area contributed by atoms with E-state index in [4.69, 9.17) is 28.9 Å². The Hall–Kier alpha value is -0.520. The van der Waals surface area contributed by atoms with Crippen LogP contribution >= 0.6 is 46.9 Å². The third-order valence-electron chi connectivity index (χ3n) is 3.90. The van der Waals surface area contributed by atoms with E-state index in [-0.39, 0.29) is 30.4 Å². The quantitative estimate of drug-likeness (QED) is 0.799. The summed E-state index contributed by atoms with van der Waals surface area (Å²) in [7, 11) is 0. The predicted molar refractivity (Wildman–Crippen MR) is 96.8 cm³/mol. The summed E-state index contributed by atoms with van der Waals surface area (Å²) in [6.07, 6.45) is 3.78. The molecule has 3 nitrogen and oxygen atoms in total. The van der Waals surface area contributed by atoms with Crippen LogP contribution in [0.2, 0.25) is 10.0 Å². The topological polar surface area (TPSA) is 55.1 Å². The Balaban J connectivity index is 0.00000176. The van der Waals surface area contributed by atoms with E-state index in [2.05, 4.69) is 5.32 Å². The highest BCUT2D eigenvalue weighted by atomic mass is 35.5. The molecule has 1 fully saturated rings. The molecule has 1 aromatic carbocycles. The molecule has 0 saturated heterocycles. The molecular formula is C15H17Cl3N2OS. The predicted octanol–water partition coefficient (Wildman–Crippen LogP) is 4.63. The van der Waals surface area contributed by atoms with Gasteiger partial charge in [-0.15, -0.1) is 23.7 Å². The van der Waals surface area contributed by atoms with Crippen LogP contribution in [0.15, 0.2) is 18.2 Å². The molecule has 1 amide bonds. The lowest BCUT2D eigenvalue weighted by Crippen LogP contribution is -2.40. The van der Waals surface area contributed by atoms with Gasteiger partial charge in [-0.05, 0) is 37.8 Å². The molecule has 2 aromatic rings. The van der Waals surface area contributed by atoms with E-state index in [0.717, 1.165) is 35.8 Å². The number of thiophene rings is 1. The lowest BCUT2D eigenvalue weighted by Gasteiger charge is -2.26. The van der Waals surface area contributed by atoms with Crippen LogP contribution in [0.25, 0.3) is 10.1 Å². The number of carbonyl (C=O) groups is 1. The first-order valence-electron chi connectivity index (χ1n) is 6.98. The fraction of sp³-hybridized carbons (Fsp3) is 0.400. The number of hydrogen-bond donors (Lipinski definition) is 2. The van der Waals surface area contributed by atoms with Crippen LogP contribution in [0.1, 0.15) is 35.4 Å². The van der Waals surface area contributed by atoms with Crippen LogP contribution in [0, 0.1) is 0 Å². The van der Waals surface area contributed by atoms with Crippen molar-refractivity contribution in [3.8, 4) is 0 Å². The number of halogens is 3. The summed E-state index contributed by atoms with van der Waals surface area (Å²) in [4.78, 5) is 13.0. The third-order valence-corrected chi connectivity index (χ3v) is 5.80. The Morgan fingerprint density at radius 2 is 1.91 bits per heavy atom. The zero-order valence-electron chi connectivity index (χ0n) is 11.8. The number of rotatable bonds is 2. The summed E-state index contributed by atoms with van der Waals surface area (Å²) in [5.74, 6) is -0.0993. The van der Waals surface area contributed by atoms with Crippen LogP contribution in [0.4, 0.5) is 0 Å². The van der Waals surface area contributed by atoms with Crippen molar-refractivity contribution in [1.82, 2.24) is 5.32 Å². The zero-order valence-corrected chi connectivity index (χ0v) is 14.9. The standard InChI is InChI=1S/C15H16Cl2N2OS.ClH/c16-8-1-6-11-12(7-8)21-14(13(11)17)15(20)19-10-4-2-9(18)3-5-10;/h1,6-7,9-10H,2-5,18H2,(H,19,20);1H. The number of nitrogens with one attached hydrogen (secondary N) is 1. The Morgan fingerprint density at radius 3 is 2.59 bits per heavy atom. The Morgan fingerprint density at radius 1 is 1.23 bits per heavy atom. The van der Waals surface area contributed by atoms with E-state index in [1.807, 2.05) is 12.1 Å². The molecule has 3 N–H and O–H groups in total. The zero-order chi connectivity index (χ0) is 15.0. The van der Waals surface area contributed by atoms with Gasteiger partial charge in [-0.1, -0.05) is 29.3 Å². The van der Waals surface area contributed by atoms with E-state index in [0.29, 0.717) is 14.9 Å². The van der Waals surface area contributed by atoms with Gasteiger partial charge in [-0.2, -0.15) is 0 Å². The molecule has 120 valence electrons. The molecule has 7 heteroatoms. The van der Waals surface area contributed by atoms with Gasteiger partial charge in [0.15, 0.2) is 0 Å². The molecule has 1 aliphatic carbocycles. The smallest absolute Gasteiger partial charge is 0.263 e. The first-order valence-corrected chi connectivity index (χ1v) is 8.56. The lowest BCUT2D eigenvalue weighted by atomic mass is 9.92. The maximum Gasteiger partial charge on any atom is 0.263 e. The average molecular weight is 380 g/mol. The monoisotopic (exact) mass is 378 g/mol. The molecule has 3 rings (SSSR count). The summed E-state index contributed by atoms with van der Waals surface area (Å²) < 4.78 is 0.934. The van der Waals surface area contributed by atoms with Gasteiger partial charge in [0.05, 0.1) is 5.02 Å². The van der Waals surface area contributed by atoms with E-state index in [1.165, 1.54) is 11.3 Å². The van der Waals surface area contributed by atoms with Gasteiger partial charge in [-0.25, -0.2) is 0 Å². The molecule has 0 unspecified atom stereocenters. The molecule has 0 bridgehead atoms. The summed E-state index contributed by atoms with van der Waals surface area (Å²) in [6, 6.07) is 5.94. The number of hydrogen-bond acceptors (Lipinski definition) is 3. The van der Waals surface area contributed by atoms with Gasteiger partial charge < -0.3 is 11.1 Å². The number of nitrogens with two attached hydrogens (primary N) is 1. The first kappa shape index (κ1) is 17.8. The molecular weight excluding hydrogens is 363 g/mol. The van der Waals surface area contributed by atoms with E-state index in [9.17, 15) is 4.79 Å². The molecule has 0 spiro atoms. The molecule has 1 saturated carbocycles. The van der Waals surface area contributed by atoms with Gasteiger partial charge in [0, 0.05) is 27.2 Å². The molecule has 0 radical (unpaired) electrons. The van der Waals surface area contributed by atoms with Crippen LogP contribution in [0.5, 0.6) is 0 Å². The minimum atomic E-state index is -0.0993. The number of benzene rings is 1. The van der Waals surface area contributed by atoms with Crippen molar-refractivity contribution < 1.29 is 4.79 Å². The van der Waals surface area contributed by atoms with Crippen LogP contribution < -0.4 is 11.1 Å². The molecule has 1 aliphatic rings. The minimum Gasteiger partial charge on any atom is -0.349 e. The van der Waals surface area contributed by atoms with Gasteiger partial charge >= 0.3 is 0 Å². The van der Waals surface area contributed by atoms with Gasteiger partial charge in [0.1, 0.15) is 4.88 Å². The largest absolute Gasteiger partial charge is 0.349 e. The van der Waals surface area contributed by atoms with Crippen molar-refractivity contribution in [1.29, 1.82) is 0 Å². The second kappa shape index (κ2) is 7.37. The van der Waals surface area contributed by atoms with Crippen molar-refractivity contribution in [2.75, 3.05) is 0 Å². The minimum absolute atomic E-state index is 0. The summed E-state index contributed by atoms with van der Waals surface area (Å²) >= 11 is 13.7. The van der Waals surface area contributed by atoms with Crippen LogP contribution in [-0.4, -0.2) is 18.0 Å². The summed E-state index contributed by atoms with van der Waals surface area (Å²) in [5, 5.41) is 5.11. The van der Waals surface area contributed by atoms with E-state index < -0.39 is 0 Å². The van der Waals surface area contributed by atoms with E-state index in [1.54, 1.807) is 6.07 Å². The average Bonchev–Trinajstić information content (AvgIpc) is 2.78. The van der Waals surface area contributed by atoms with Gasteiger partial charge in [0.25, 0.3) is 5.91 Å². The maximum atomic E-state index is 12.4. The molecule has 22 heavy (non-hydrogen) atoms. The van der Waals surface area contributed by atoms with Crippen molar-refractivity contribution in [2.45, 2.75) is 37.8 Å². The second-order valence-electron chi connectivity index (χ2n) is 5.47. The molecule has 1 aromatic heterocycles. The number of fused-ring (bicyclic) bond motifs is 1. The lowest BCUT2D eigenvalue weighted by molar-refractivity contribution is 0.0930. The third kappa shape index (κ3) is 3.69. The normalized spacial score (nSPS) is 21.4. The van der Waals surface area contributed by atoms with E-state index >= 15 is 0 Å². The van der Waals surface area contributed by atoms with Gasteiger partial charge in [0.2, 0.25) is 0 Å². The Bertz CT molecular complexity index is 681. The molecule has 1 heterocycles. The fourth-order valence-corrected chi connectivity index (χ4v) is 4.40. The number of carbonyl (C=O) groups excluding carboxylic acids is 1. The highest BCUT2D eigenvalue weighted by Crippen LogP contribution is 2.36. The highest BCUT2D eigenvalue weighted by molar-refractivity contribution is 7.21. The highest BCUT2D eigenvalue weighted by Gasteiger charge is 2.23. The SMILES string of the molecule is Cl.NC1CCC(NC(=O)c2sc3cc(Cl)ccc3c2Cl)CC1.